The van der Waals surface area contributed by atoms with Crippen LogP contribution in [0.1, 0.15) is 39.4 Å². The van der Waals surface area contributed by atoms with Crippen LogP contribution in [0.4, 0.5) is 5.69 Å². The van der Waals surface area contributed by atoms with Crippen LogP contribution < -0.4 is 14.5 Å². The molecule has 6 nitrogen and oxygen atoms in total. The largest absolute Gasteiger partial charge is 0.454 e. The molecule has 0 saturated carbocycles. The van der Waals surface area contributed by atoms with Gasteiger partial charge in [0.2, 0.25) is 6.79 Å². The molecule has 0 N–H and O–H groups in total. The Morgan fingerprint density at radius 1 is 1.07 bits per heavy atom. The lowest BCUT2D eigenvalue weighted by Gasteiger charge is -2.40. The fourth-order valence-corrected chi connectivity index (χ4v) is 3.50. The highest BCUT2D eigenvalue weighted by Gasteiger charge is 2.43. The summed E-state index contributed by atoms with van der Waals surface area (Å²) in [5.74, 6) is 1.84. The summed E-state index contributed by atoms with van der Waals surface area (Å²) in [6, 6.07) is 15.8. The molecule has 0 unspecified atom stereocenters. The number of nitrogens with zero attached hydrogens (tertiary/aromatic N) is 3. The second kappa shape index (κ2) is 6.30. The Hall–Kier alpha value is -3.02. The van der Waals surface area contributed by atoms with Gasteiger partial charge < -0.3 is 14.4 Å². The summed E-state index contributed by atoms with van der Waals surface area (Å²) in [5, 5.41) is 6.61. The van der Waals surface area contributed by atoms with Gasteiger partial charge in [-0.3, -0.25) is 4.79 Å². The van der Waals surface area contributed by atoms with Crippen LogP contribution in [0.15, 0.2) is 53.6 Å². The lowest BCUT2D eigenvalue weighted by atomic mass is 10.0. The zero-order valence-electron chi connectivity index (χ0n) is 16.0. The molecular formula is C21H23N3O3. The number of anilines is 1. The molecule has 1 atom stereocenters. The standard InChI is InChI=1S/C21H23N3O3/c1-14(25)19-22-24(16-8-6-5-7-9-16)20(23(19)21(2,3)4)15-10-11-17-18(12-15)27-13-26-17/h5-12,20H,13H2,1-4H3/t20-/m0/s1. The van der Waals surface area contributed by atoms with E-state index < -0.39 is 0 Å². The van der Waals surface area contributed by atoms with Crippen LogP contribution in [0.3, 0.4) is 0 Å². The van der Waals surface area contributed by atoms with Crippen molar-refractivity contribution in [3.05, 3.63) is 54.1 Å². The molecule has 4 rings (SSSR count). The van der Waals surface area contributed by atoms with Gasteiger partial charge in [-0.15, -0.1) is 5.10 Å². The average molecular weight is 365 g/mol. The van der Waals surface area contributed by atoms with E-state index in [1.165, 1.54) is 0 Å². The fraction of sp³-hybridized carbons (Fsp3) is 0.333. The van der Waals surface area contributed by atoms with Crippen LogP contribution in [-0.4, -0.2) is 28.9 Å². The SMILES string of the molecule is CC(=O)C1=NN(c2ccccc2)[C@@H](c2ccc3c(c2)OCO3)N1C(C)(C)C. The van der Waals surface area contributed by atoms with Gasteiger partial charge in [0.05, 0.1) is 5.69 Å². The molecule has 2 aromatic carbocycles. The van der Waals surface area contributed by atoms with Crippen LogP contribution in [0, 0.1) is 0 Å². The quantitative estimate of drug-likeness (QED) is 0.825. The third kappa shape index (κ3) is 3.01. The Morgan fingerprint density at radius 3 is 2.44 bits per heavy atom. The van der Waals surface area contributed by atoms with Crippen molar-refractivity contribution >= 4 is 17.3 Å². The lowest BCUT2D eigenvalue weighted by molar-refractivity contribution is -0.112. The second-order valence-corrected chi connectivity index (χ2v) is 7.69. The van der Waals surface area contributed by atoms with Gasteiger partial charge in [0.1, 0.15) is 0 Å². The van der Waals surface area contributed by atoms with Crippen LogP contribution in [-0.2, 0) is 4.79 Å². The molecule has 0 radical (unpaired) electrons. The molecule has 0 spiro atoms. The highest BCUT2D eigenvalue weighted by molar-refractivity contribution is 6.38. The molecule has 2 aromatic rings. The van der Waals surface area contributed by atoms with Crippen molar-refractivity contribution in [1.29, 1.82) is 0 Å². The number of hydrogen-bond acceptors (Lipinski definition) is 6. The third-order valence-electron chi connectivity index (χ3n) is 4.66. The van der Waals surface area contributed by atoms with Crippen molar-refractivity contribution in [3.63, 3.8) is 0 Å². The number of amidine groups is 1. The normalized spacial score (nSPS) is 18.7. The smallest absolute Gasteiger partial charge is 0.231 e. The number of hydrogen-bond donors (Lipinski definition) is 0. The first-order valence-electron chi connectivity index (χ1n) is 8.99. The van der Waals surface area contributed by atoms with Gasteiger partial charge in [0.15, 0.2) is 29.3 Å². The van der Waals surface area contributed by atoms with Gasteiger partial charge in [0, 0.05) is 18.0 Å². The van der Waals surface area contributed by atoms with Crippen molar-refractivity contribution in [3.8, 4) is 11.5 Å². The number of ketones is 1. The van der Waals surface area contributed by atoms with E-state index in [-0.39, 0.29) is 24.3 Å². The Bertz CT molecular complexity index is 903. The van der Waals surface area contributed by atoms with E-state index in [9.17, 15) is 4.79 Å². The van der Waals surface area contributed by atoms with E-state index in [0.29, 0.717) is 11.6 Å². The monoisotopic (exact) mass is 365 g/mol. The number of benzene rings is 2. The molecule has 6 heteroatoms. The molecule has 0 saturated heterocycles. The number of hydrazone groups is 1. The molecule has 27 heavy (non-hydrogen) atoms. The number of Topliss-reactive ketones (excluding diaryl/α,β-unsaturated/α-hetero) is 1. The minimum absolute atomic E-state index is 0.0610. The number of para-hydroxylation sites is 1. The topological polar surface area (TPSA) is 54.4 Å². The summed E-state index contributed by atoms with van der Waals surface area (Å²) in [6.07, 6.45) is -0.263. The van der Waals surface area contributed by atoms with Gasteiger partial charge >= 0.3 is 0 Å². The maximum atomic E-state index is 12.4. The van der Waals surface area contributed by atoms with Crippen molar-refractivity contribution in [2.75, 3.05) is 11.8 Å². The Kier molecular flexibility index (Phi) is 4.06. The van der Waals surface area contributed by atoms with Gasteiger partial charge in [-0.1, -0.05) is 24.3 Å². The second-order valence-electron chi connectivity index (χ2n) is 7.69. The minimum atomic E-state index is -0.310. The van der Waals surface area contributed by atoms with Crippen LogP contribution >= 0.6 is 0 Å². The maximum Gasteiger partial charge on any atom is 0.231 e. The molecule has 0 bridgehead atoms. The summed E-state index contributed by atoms with van der Waals surface area (Å²) in [6.45, 7) is 8.03. The zero-order chi connectivity index (χ0) is 19.2. The molecule has 140 valence electrons. The Morgan fingerprint density at radius 2 is 1.78 bits per heavy atom. The fourth-order valence-electron chi connectivity index (χ4n) is 3.50. The minimum Gasteiger partial charge on any atom is -0.454 e. The van der Waals surface area contributed by atoms with E-state index in [1.807, 2.05) is 53.5 Å². The molecule has 0 amide bonds. The van der Waals surface area contributed by atoms with Crippen molar-refractivity contribution < 1.29 is 14.3 Å². The maximum absolute atomic E-state index is 12.4. The predicted octanol–water partition coefficient (Wildman–Crippen LogP) is 3.94. The highest BCUT2D eigenvalue weighted by Crippen LogP contribution is 2.43. The molecule has 2 aliphatic rings. The van der Waals surface area contributed by atoms with Gasteiger partial charge in [0.25, 0.3) is 0 Å². The van der Waals surface area contributed by atoms with Gasteiger partial charge in [-0.25, -0.2) is 5.01 Å². The van der Waals surface area contributed by atoms with Gasteiger partial charge in [-0.2, -0.15) is 0 Å². The number of carbonyl (C=O) groups excluding carboxylic acids is 1. The molecule has 2 heterocycles. The molecule has 0 fully saturated rings. The number of fused-ring (bicyclic) bond motifs is 1. The molecule has 0 aliphatic carbocycles. The van der Waals surface area contributed by atoms with Crippen LogP contribution in [0.2, 0.25) is 0 Å². The molecular weight excluding hydrogens is 342 g/mol. The van der Waals surface area contributed by atoms with E-state index in [0.717, 1.165) is 17.0 Å². The van der Waals surface area contributed by atoms with E-state index in [4.69, 9.17) is 14.6 Å². The Labute approximate surface area is 159 Å². The van der Waals surface area contributed by atoms with Crippen LogP contribution in [0.25, 0.3) is 0 Å². The summed E-state index contributed by atoms with van der Waals surface area (Å²) >= 11 is 0. The third-order valence-corrected chi connectivity index (χ3v) is 4.66. The van der Waals surface area contributed by atoms with Crippen LogP contribution in [0.5, 0.6) is 11.5 Å². The van der Waals surface area contributed by atoms with Crippen molar-refractivity contribution in [2.45, 2.75) is 39.4 Å². The number of carbonyl (C=O) groups is 1. The van der Waals surface area contributed by atoms with Crippen molar-refractivity contribution in [1.82, 2.24) is 4.90 Å². The first-order valence-corrected chi connectivity index (χ1v) is 8.99. The zero-order valence-corrected chi connectivity index (χ0v) is 16.0. The van der Waals surface area contributed by atoms with Gasteiger partial charge in [-0.05, 0) is 45.0 Å². The predicted molar refractivity (Wildman–Crippen MR) is 104 cm³/mol. The summed E-state index contributed by atoms with van der Waals surface area (Å²) in [4.78, 5) is 14.5. The van der Waals surface area contributed by atoms with E-state index in [1.54, 1.807) is 6.92 Å². The van der Waals surface area contributed by atoms with E-state index >= 15 is 0 Å². The lowest BCUT2D eigenvalue weighted by Crippen LogP contribution is -2.49. The number of rotatable bonds is 3. The average Bonchev–Trinajstić information content (AvgIpc) is 3.26. The summed E-state index contributed by atoms with van der Waals surface area (Å²) < 4.78 is 11.0. The summed E-state index contributed by atoms with van der Waals surface area (Å²) in [5.41, 5.74) is 1.60. The summed E-state index contributed by atoms with van der Waals surface area (Å²) in [7, 11) is 0. The molecule has 0 aromatic heterocycles. The molecule has 2 aliphatic heterocycles. The highest BCUT2D eigenvalue weighted by atomic mass is 16.7. The first-order chi connectivity index (χ1) is 12.9. The first kappa shape index (κ1) is 17.4. The Balaban J connectivity index is 1.86. The van der Waals surface area contributed by atoms with E-state index in [2.05, 4.69) is 25.7 Å². The van der Waals surface area contributed by atoms with Crippen molar-refractivity contribution in [2.24, 2.45) is 5.10 Å². The number of ether oxygens (including phenoxy) is 2.